The molecule has 1 aromatic rings. The molecule has 1 aliphatic carbocycles. The van der Waals surface area contributed by atoms with Gasteiger partial charge in [0.25, 0.3) is 0 Å². The molecule has 3 rings (SSSR count). The molecule has 0 radical (unpaired) electrons. The van der Waals surface area contributed by atoms with Crippen LogP contribution in [0.4, 0.5) is 29.3 Å². The molecule has 1 aromatic carbocycles. The Morgan fingerprint density at radius 2 is 1.65 bits per heavy atom. The van der Waals surface area contributed by atoms with Crippen molar-refractivity contribution in [3.63, 3.8) is 0 Å². The van der Waals surface area contributed by atoms with E-state index in [1.165, 1.54) is 12.5 Å². The van der Waals surface area contributed by atoms with Gasteiger partial charge in [-0.15, -0.1) is 0 Å². The summed E-state index contributed by atoms with van der Waals surface area (Å²) >= 11 is 0. The maximum Gasteiger partial charge on any atom is 0.416 e. The first-order valence-corrected chi connectivity index (χ1v) is 9.47. The van der Waals surface area contributed by atoms with E-state index in [-0.39, 0.29) is 11.7 Å². The largest absolute Gasteiger partial charge is 0.416 e. The number of hydrogen-bond donors (Lipinski definition) is 2. The molecule has 7 heteroatoms. The number of carbonyl (C=O) groups excluding carboxylic acids is 1. The van der Waals surface area contributed by atoms with E-state index in [2.05, 4.69) is 15.5 Å². The average molecular weight is 369 g/mol. The predicted octanol–water partition coefficient (Wildman–Crippen LogP) is 5.15. The monoisotopic (exact) mass is 369 g/mol. The first-order chi connectivity index (χ1) is 12.4. The van der Waals surface area contributed by atoms with Crippen molar-refractivity contribution in [3.8, 4) is 0 Å². The molecule has 144 valence electrons. The molecule has 1 heterocycles. The van der Waals surface area contributed by atoms with Crippen LogP contribution in [-0.4, -0.2) is 25.2 Å². The van der Waals surface area contributed by atoms with Crippen LogP contribution < -0.4 is 15.5 Å². The molecule has 0 bridgehead atoms. The Morgan fingerprint density at radius 3 is 2.31 bits per heavy atom. The van der Waals surface area contributed by atoms with Gasteiger partial charge < -0.3 is 15.5 Å². The molecule has 0 aromatic heterocycles. The number of halogens is 3. The molecular formula is C19H26F3N3O. The first kappa shape index (κ1) is 18.9. The van der Waals surface area contributed by atoms with Crippen LogP contribution in [-0.2, 0) is 6.18 Å². The molecule has 1 saturated carbocycles. The van der Waals surface area contributed by atoms with Crippen molar-refractivity contribution in [1.82, 2.24) is 5.32 Å². The molecule has 4 nitrogen and oxygen atoms in total. The quantitative estimate of drug-likeness (QED) is 0.774. The van der Waals surface area contributed by atoms with E-state index in [0.717, 1.165) is 70.2 Å². The van der Waals surface area contributed by atoms with Crippen molar-refractivity contribution in [2.45, 2.75) is 63.6 Å². The first-order valence-electron chi connectivity index (χ1n) is 9.47. The Hall–Kier alpha value is -1.92. The van der Waals surface area contributed by atoms with Gasteiger partial charge in [-0.1, -0.05) is 19.3 Å². The van der Waals surface area contributed by atoms with Crippen LogP contribution >= 0.6 is 0 Å². The summed E-state index contributed by atoms with van der Waals surface area (Å²) in [6, 6.07) is 3.30. The van der Waals surface area contributed by atoms with Crippen LogP contribution in [0.5, 0.6) is 0 Å². The SMILES string of the molecule is O=C(Nc1cc(C(F)(F)F)ccc1N1CCCCC1)NC1CCCCC1. The number of hydrogen-bond acceptors (Lipinski definition) is 2. The second-order valence-electron chi connectivity index (χ2n) is 7.21. The van der Waals surface area contributed by atoms with Crippen LogP contribution in [0.1, 0.15) is 56.9 Å². The van der Waals surface area contributed by atoms with Crippen LogP contribution in [0.2, 0.25) is 0 Å². The highest BCUT2D eigenvalue weighted by Gasteiger charge is 2.32. The summed E-state index contributed by atoms with van der Waals surface area (Å²) in [5.41, 5.74) is 0.151. The molecule has 0 spiro atoms. The molecule has 26 heavy (non-hydrogen) atoms. The second-order valence-corrected chi connectivity index (χ2v) is 7.21. The van der Waals surface area contributed by atoms with Gasteiger partial charge in [-0.05, 0) is 50.3 Å². The molecule has 0 atom stereocenters. The molecule has 0 unspecified atom stereocenters. The molecule has 2 aliphatic rings. The lowest BCUT2D eigenvalue weighted by molar-refractivity contribution is -0.137. The predicted molar refractivity (Wildman–Crippen MR) is 96.5 cm³/mol. The summed E-state index contributed by atoms with van der Waals surface area (Å²) < 4.78 is 39.3. The fourth-order valence-electron chi connectivity index (χ4n) is 3.81. The summed E-state index contributed by atoms with van der Waals surface area (Å²) in [7, 11) is 0. The summed E-state index contributed by atoms with van der Waals surface area (Å²) in [5.74, 6) is 0. The fourth-order valence-corrected chi connectivity index (χ4v) is 3.81. The minimum Gasteiger partial charge on any atom is -0.370 e. The minimum atomic E-state index is -4.43. The van der Waals surface area contributed by atoms with Gasteiger partial charge in [0.1, 0.15) is 0 Å². The fraction of sp³-hybridized carbons (Fsp3) is 0.632. The van der Waals surface area contributed by atoms with E-state index in [4.69, 9.17) is 0 Å². The lowest BCUT2D eigenvalue weighted by Gasteiger charge is -2.31. The number of nitrogens with zero attached hydrogens (tertiary/aromatic N) is 1. The normalized spacial score (nSPS) is 19.3. The Labute approximate surface area is 152 Å². The van der Waals surface area contributed by atoms with Crippen molar-refractivity contribution in [1.29, 1.82) is 0 Å². The number of piperidine rings is 1. The smallest absolute Gasteiger partial charge is 0.370 e. The molecular weight excluding hydrogens is 343 g/mol. The Balaban J connectivity index is 1.78. The summed E-state index contributed by atoms with van der Waals surface area (Å²) in [4.78, 5) is 14.4. The highest BCUT2D eigenvalue weighted by Crippen LogP contribution is 2.36. The highest BCUT2D eigenvalue weighted by molar-refractivity contribution is 5.93. The molecule has 1 saturated heterocycles. The zero-order valence-electron chi connectivity index (χ0n) is 14.9. The van der Waals surface area contributed by atoms with E-state index < -0.39 is 17.8 Å². The van der Waals surface area contributed by atoms with Gasteiger partial charge in [-0.2, -0.15) is 13.2 Å². The van der Waals surface area contributed by atoms with Crippen molar-refractivity contribution in [2.24, 2.45) is 0 Å². The standard InChI is InChI=1S/C19H26F3N3O/c20-19(21,22)14-9-10-17(25-11-5-2-6-12-25)16(13-14)24-18(26)23-15-7-3-1-4-8-15/h9-10,13,15H,1-8,11-12H2,(H2,23,24,26). The number of anilines is 2. The van der Waals surface area contributed by atoms with Gasteiger partial charge in [0, 0.05) is 19.1 Å². The number of benzene rings is 1. The number of amides is 2. The topological polar surface area (TPSA) is 44.4 Å². The summed E-state index contributed by atoms with van der Waals surface area (Å²) in [6.07, 6.45) is 3.89. The minimum absolute atomic E-state index is 0.105. The van der Waals surface area contributed by atoms with Crippen molar-refractivity contribution in [2.75, 3.05) is 23.3 Å². The zero-order chi connectivity index (χ0) is 18.6. The van der Waals surface area contributed by atoms with E-state index in [1.807, 2.05) is 0 Å². The Kier molecular flexibility index (Phi) is 5.94. The summed E-state index contributed by atoms with van der Waals surface area (Å²) in [5, 5.41) is 5.58. The van der Waals surface area contributed by atoms with Gasteiger partial charge in [0.2, 0.25) is 0 Å². The van der Waals surface area contributed by atoms with E-state index in [0.29, 0.717) is 5.69 Å². The third-order valence-electron chi connectivity index (χ3n) is 5.21. The van der Waals surface area contributed by atoms with Crippen LogP contribution in [0, 0.1) is 0 Å². The molecule has 2 N–H and O–H groups in total. The Morgan fingerprint density at radius 1 is 1.00 bits per heavy atom. The molecule has 2 fully saturated rings. The number of rotatable bonds is 3. The van der Waals surface area contributed by atoms with Crippen molar-refractivity contribution in [3.05, 3.63) is 23.8 Å². The third kappa shape index (κ3) is 4.83. The molecule has 1 aliphatic heterocycles. The van der Waals surface area contributed by atoms with Gasteiger partial charge in [-0.3, -0.25) is 0 Å². The molecule has 2 amide bonds. The number of alkyl halides is 3. The highest BCUT2D eigenvalue weighted by atomic mass is 19.4. The van der Waals surface area contributed by atoms with Gasteiger partial charge in [0.05, 0.1) is 16.9 Å². The third-order valence-corrected chi connectivity index (χ3v) is 5.21. The maximum absolute atomic E-state index is 13.1. The van der Waals surface area contributed by atoms with E-state index in [9.17, 15) is 18.0 Å². The summed E-state index contributed by atoms with van der Waals surface area (Å²) in [6.45, 7) is 1.59. The number of urea groups is 1. The lowest BCUT2D eigenvalue weighted by Crippen LogP contribution is -2.39. The van der Waals surface area contributed by atoms with Crippen LogP contribution in [0.15, 0.2) is 18.2 Å². The maximum atomic E-state index is 13.1. The van der Waals surface area contributed by atoms with Gasteiger partial charge >= 0.3 is 12.2 Å². The zero-order valence-corrected chi connectivity index (χ0v) is 14.9. The second kappa shape index (κ2) is 8.18. The average Bonchev–Trinajstić information content (AvgIpc) is 2.62. The van der Waals surface area contributed by atoms with E-state index >= 15 is 0 Å². The number of carbonyl (C=O) groups is 1. The van der Waals surface area contributed by atoms with Crippen LogP contribution in [0.3, 0.4) is 0 Å². The van der Waals surface area contributed by atoms with Crippen molar-refractivity contribution < 1.29 is 18.0 Å². The number of nitrogens with one attached hydrogen (secondary N) is 2. The van der Waals surface area contributed by atoms with Gasteiger partial charge in [-0.25, -0.2) is 4.79 Å². The van der Waals surface area contributed by atoms with E-state index in [1.54, 1.807) is 0 Å². The van der Waals surface area contributed by atoms with Crippen molar-refractivity contribution >= 4 is 17.4 Å². The lowest BCUT2D eigenvalue weighted by atomic mass is 9.96. The van der Waals surface area contributed by atoms with Gasteiger partial charge in [0.15, 0.2) is 0 Å². The Bertz CT molecular complexity index is 621. The van der Waals surface area contributed by atoms with Crippen LogP contribution in [0.25, 0.3) is 0 Å².